The third-order valence-corrected chi connectivity index (χ3v) is 8.69. The molecule has 1 aliphatic rings. The van der Waals surface area contributed by atoms with Gasteiger partial charge < -0.3 is 0 Å². The van der Waals surface area contributed by atoms with Crippen LogP contribution in [-0.4, -0.2) is 9.52 Å². The number of fused-ring (bicyclic) bond motifs is 4. The fourth-order valence-corrected chi connectivity index (χ4v) is 6.81. The first-order valence-corrected chi connectivity index (χ1v) is 21.1. The maximum Gasteiger partial charge on any atom is 0.0920 e. The largest absolute Gasteiger partial charge is 0.184 e. The molecule has 200 valence electrons. The number of halogens is 2. The van der Waals surface area contributed by atoms with Gasteiger partial charge in [-0.15, -0.1) is 34.0 Å². The van der Waals surface area contributed by atoms with Gasteiger partial charge in [-0.2, -0.15) is 35.5 Å². The van der Waals surface area contributed by atoms with Crippen LogP contribution >= 0.6 is 17.0 Å². The Labute approximate surface area is 265 Å². The van der Waals surface area contributed by atoms with Crippen molar-refractivity contribution < 1.29 is 20.8 Å². The van der Waals surface area contributed by atoms with Crippen LogP contribution in [-0.2, 0) is 27.3 Å². The quantitative estimate of drug-likeness (QED) is 0.130. The van der Waals surface area contributed by atoms with Gasteiger partial charge in [0.2, 0.25) is 0 Å². The van der Waals surface area contributed by atoms with E-state index < -0.39 is 20.8 Å². The molecule has 0 nitrogen and oxygen atoms in total. The molecule has 6 aromatic rings. The van der Waals surface area contributed by atoms with E-state index in [4.69, 9.17) is 17.0 Å². The Bertz CT molecular complexity index is 1700. The van der Waals surface area contributed by atoms with Gasteiger partial charge in [0.25, 0.3) is 0 Å². The van der Waals surface area contributed by atoms with Gasteiger partial charge in [0.15, 0.2) is 0 Å². The first-order chi connectivity index (χ1) is 20.1. The Kier molecular flexibility index (Phi) is 10.6. The molecule has 0 aromatic heterocycles. The third-order valence-electron chi connectivity index (χ3n) is 7.32. The van der Waals surface area contributed by atoms with E-state index in [1.165, 1.54) is 72.1 Å². The number of rotatable bonds is 4. The molecule has 41 heavy (non-hydrogen) atoms. The summed E-state index contributed by atoms with van der Waals surface area (Å²) in [6, 6.07) is 46.9. The second-order valence-electron chi connectivity index (χ2n) is 9.99. The van der Waals surface area contributed by atoms with Crippen molar-refractivity contribution in [2.75, 3.05) is 0 Å². The van der Waals surface area contributed by atoms with Crippen LogP contribution in [0.3, 0.4) is 0 Å². The minimum Gasteiger partial charge on any atom is -0.184 e. The number of hydrogen-bond donors (Lipinski definition) is 0. The fourth-order valence-electron chi connectivity index (χ4n) is 5.51. The van der Waals surface area contributed by atoms with Crippen LogP contribution in [0.25, 0.3) is 44.2 Å². The van der Waals surface area contributed by atoms with E-state index in [0.717, 1.165) is 15.9 Å². The van der Waals surface area contributed by atoms with Gasteiger partial charge in [-0.3, -0.25) is 0 Å². The van der Waals surface area contributed by atoms with Crippen molar-refractivity contribution in [1.29, 1.82) is 0 Å². The molecule has 0 atom stereocenters. The van der Waals surface area contributed by atoms with E-state index in [-0.39, 0.29) is 0 Å². The van der Waals surface area contributed by atoms with Crippen LogP contribution in [0.15, 0.2) is 121 Å². The van der Waals surface area contributed by atoms with Crippen molar-refractivity contribution >= 4 is 47.7 Å². The zero-order valence-corrected chi connectivity index (χ0v) is 28.2. The van der Waals surface area contributed by atoms with Gasteiger partial charge in [-0.05, 0) is 35.6 Å². The Morgan fingerprint density at radius 3 is 2.20 bits per heavy atom. The molecule has 0 unspecified atom stereocenters. The third kappa shape index (κ3) is 6.90. The van der Waals surface area contributed by atoms with Crippen LogP contribution in [0, 0.1) is 13.0 Å². The minimum atomic E-state index is -0.826. The zero-order chi connectivity index (χ0) is 28.6. The van der Waals surface area contributed by atoms with Gasteiger partial charge >= 0.3 is 37.9 Å². The molecule has 0 amide bonds. The Morgan fingerprint density at radius 1 is 0.756 bits per heavy atom. The summed E-state index contributed by atoms with van der Waals surface area (Å²) < 4.78 is 0. The molecule has 1 heterocycles. The summed E-state index contributed by atoms with van der Waals surface area (Å²) >= 11 is -0.826. The molecule has 0 saturated heterocycles. The van der Waals surface area contributed by atoms with Crippen molar-refractivity contribution in [3.63, 3.8) is 0 Å². The van der Waals surface area contributed by atoms with E-state index >= 15 is 0 Å². The van der Waals surface area contributed by atoms with Gasteiger partial charge in [-0.25, -0.2) is 0 Å². The maximum atomic E-state index is 4.93. The summed E-state index contributed by atoms with van der Waals surface area (Å²) in [4.78, 5) is 0. The monoisotopic (exact) mass is 662 g/mol. The summed E-state index contributed by atoms with van der Waals surface area (Å²) in [5, 5.41) is 5.55. The van der Waals surface area contributed by atoms with Gasteiger partial charge in [0.1, 0.15) is 0 Å². The predicted octanol–water partition coefficient (Wildman–Crippen LogP) is 9.65. The van der Waals surface area contributed by atoms with Crippen molar-refractivity contribution in [2.45, 2.75) is 26.7 Å². The van der Waals surface area contributed by atoms with Crippen molar-refractivity contribution in [3.8, 4) is 33.4 Å². The maximum absolute atomic E-state index is 4.93. The van der Waals surface area contributed by atoms with Crippen LogP contribution in [0.4, 0.5) is 0 Å². The molecule has 1 aliphatic heterocycles. The topological polar surface area (TPSA) is 0 Å². The first-order valence-electron chi connectivity index (χ1n) is 13.8. The number of hydrogen-bond acceptors (Lipinski definition) is 0. The summed E-state index contributed by atoms with van der Waals surface area (Å²) in [7, 11) is 10.7. The molecule has 4 heteroatoms. The average molecular weight is 665 g/mol. The Balaban J connectivity index is 0.000000175. The zero-order valence-electron chi connectivity index (χ0n) is 23.2. The van der Waals surface area contributed by atoms with Gasteiger partial charge in [-0.1, -0.05) is 115 Å². The Hall–Kier alpha value is -2.61. The summed E-state index contributed by atoms with van der Waals surface area (Å²) in [6.45, 7) is 4.45. The second-order valence-corrected chi connectivity index (χ2v) is 15.0. The molecule has 0 aliphatic carbocycles. The van der Waals surface area contributed by atoms with E-state index in [0.29, 0.717) is 0 Å². The molecular weight excluding hydrogens is 635 g/mol. The number of aryl methyl sites for hydroxylation is 2. The predicted molar refractivity (Wildman–Crippen MR) is 177 cm³/mol. The van der Waals surface area contributed by atoms with Gasteiger partial charge in [0.05, 0.1) is 9.52 Å². The second kappa shape index (κ2) is 14.5. The van der Waals surface area contributed by atoms with Crippen LogP contribution in [0.1, 0.15) is 24.5 Å². The molecule has 0 saturated carbocycles. The normalized spacial score (nSPS) is 10.9. The summed E-state index contributed by atoms with van der Waals surface area (Å²) in [5.74, 6) is 0. The van der Waals surface area contributed by atoms with E-state index in [1.54, 1.807) is 0 Å². The van der Waals surface area contributed by atoms with Crippen LogP contribution in [0.2, 0.25) is 0 Å². The molecule has 0 fully saturated rings. The molecular formula is C37H30Cl2SiZr. The van der Waals surface area contributed by atoms with Crippen LogP contribution in [0.5, 0.6) is 0 Å². The molecule has 7 rings (SSSR count). The summed E-state index contributed by atoms with van der Waals surface area (Å²) in [6.07, 6.45) is 2.32. The SMILES string of the molecule is CCCc1cc2c(-c3ccccc3C)c(-c3ccccc3)ccc2[cH-]1.[Cl][Zr+2][Cl].[c-]1cccc2c1[Si]c1ccccc1-2. The minimum absolute atomic E-state index is 0.795. The van der Waals surface area contributed by atoms with Crippen molar-refractivity contribution in [2.24, 2.45) is 0 Å². The average Bonchev–Trinajstić information content (AvgIpc) is 3.59. The fraction of sp³-hybridized carbons (Fsp3) is 0.108. The van der Waals surface area contributed by atoms with E-state index in [2.05, 4.69) is 135 Å². The summed E-state index contributed by atoms with van der Waals surface area (Å²) in [5.41, 5.74) is 10.8. The van der Waals surface area contributed by atoms with Crippen molar-refractivity contribution in [3.05, 3.63) is 139 Å². The van der Waals surface area contributed by atoms with E-state index in [1.807, 2.05) is 6.07 Å². The molecule has 0 N–H and O–H groups in total. The van der Waals surface area contributed by atoms with Crippen molar-refractivity contribution in [1.82, 2.24) is 0 Å². The number of benzene rings is 5. The smallest absolute Gasteiger partial charge is 0.0920 e. The first kappa shape index (κ1) is 29.9. The molecule has 2 radical (unpaired) electrons. The molecule has 0 bridgehead atoms. The Morgan fingerprint density at radius 2 is 1.44 bits per heavy atom. The standard InChI is InChI=1S/C25H23.C12H7Si.2ClH.Zr/c1-3-9-19-16-21-14-15-23(20-11-5-4-6-12-20)25(24(21)17-19)22-13-8-7-10-18(22)2;1-3-7-11-9(5-1)10-6-2-4-8-12(10)13-11;;;/h4-8,10-17H,3,9H2,1-2H3;1-7H;2*1H;/q2*-1;;;+4/p-2. The van der Waals surface area contributed by atoms with Gasteiger partial charge in [0, 0.05) is 0 Å². The van der Waals surface area contributed by atoms with E-state index in [9.17, 15) is 0 Å². The molecule has 0 spiro atoms. The van der Waals surface area contributed by atoms with Crippen LogP contribution < -0.4 is 10.4 Å². The molecule has 6 aromatic carbocycles.